The first-order valence-corrected chi connectivity index (χ1v) is 9.67. The standard InChI is InChI=1S/C15H23NOS.2C2H6/c1-11-6-7-13(18(17)16-14(2,3)4)12(10-11)15(5)8-9-15;2*1-2/h6-7,10,16H,8-9H2,1-5H3;2*1-2H3. The first-order valence-electron chi connectivity index (χ1n) is 8.52. The molecule has 1 unspecified atom stereocenters. The van der Waals surface area contributed by atoms with E-state index in [-0.39, 0.29) is 11.0 Å². The number of aryl methyl sites for hydroxylation is 1. The highest BCUT2D eigenvalue weighted by atomic mass is 32.2. The lowest BCUT2D eigenvalue weighted by molar-refractivity contribution is 0.519. The second-order valence-corrected chi connectivity index (χ2v) is 7.86. The van der Waals surface area contributed by atoms with Gasteiger partial charge in [0.05, 0.1) is 4.90 Å². The molecule has 22 heavy (non-hydrogen) atoms. The Hall–Kier alpha value is -0.670. The van der Waals surface area contributed by atoms with Crippen LogP contribution in [-0.4, -0.2) is 9.75 Å². The molecule has 3 heteroatoms. The molecule has 1 aromatic carbocycles. The zero-order valence-corrected chi connectivity index (χ0v) is 16.8. The zero-order chi connectivity index (χ0) is 17.6. The minimum atomic E-state index is -1.13. The lowest BCUT2D eigenvalue weighted by atomic mass is 9.97. The molecule has 1 aromatic rings. The summed E-state index contributed by atoms with van der Waals surface area (Å²) in [4.78, 5) is 0.954. The van der Waals surface area contributed by atoms with Gasteiger partial charge in [-0.2, -0.15) is 0 Å². The van der Waals surface area contributed by atoms with Crippen LogP contribution in [0.1, 0.15) is 79.4 Å². The Bertz CT molecular complexity index is 485. The van der Waals surface area contributed by atoms with Crippen LogP contribution in [-0.2, 0) is 16.4 Å². The molecule has 1 aliphatic carbocycles. The highest BCUT2D eigenvalue weighted by molar-refractivity contribution is 7.83. The Kier molecular flexibility index (Phi) is 8.56. The van der Waals surface area contributed by atoms with Gasteiger partial charge in [0.15, 0.2) is 0 Å². The number of nitrogens with one attached hydrogen (secondary N) is 1. The summed E-state index contributed by atoms with van der Waals surface area (Å²) in [5.41, 5.74) is 2.61. The molecule has 2 rings (SSSR count). The van der Waals surface area contributed by atoms with E-state index in [0.717, 1.165) is 4.90 Å². The molecule has 1 aliphatic rings. The fourth-order valence-electron chi connectivity index (χ4n) is 2.07. The van der Waals surface area contributed by atoms with Crippen LogP contribution < -0.4 is 4.72 Å². The molecule has 2 nitrogen and oxygen atoms in total. The van der Waals surface area contributed by atoms with E-state index in [2.05, 4.69) is 24.6 Å². The highest BCUT2D eigenvalue weighted by Crippen LogP contribution is 2.49. The zero-order valence-electron chi connectivity index (χ0n) is 16.0. The Labute approximate surface area is 140 Å². The van der Waals surface area contributed by atoms with E-state index >= 15 is 0 Å². The van der Waals surface area contributed by atoms with Crippen LogP contribution in [0.4, 0.5) is 0 Å². The lowest BCUT2D eigenvalue weighted by Crippen LogP contribution is -2.37. The molecular weight excluding hydrogens is 290 g/mol. The fraction of sp³-hybridized carbons (Fsp3) is 0.684. The molecule has 128 valence electrons. The maximum absolute atomic E-state index is 12.5. The van der Waals surface area contributed by atoms with Crippen molar-refractivity contribution in [2.24, 2.45) is 0 Å². The third-order valence-corrected chi connectivity index (χ3v) is 4.94. The molecule has 1 N–H and O–H groups in total. The third kappa shape index (κ3) is 6.21. The third-order valence-electron chi connectivity index (χ3n) is 3.38. The van der Waals surface area contributed by atoms with E-state index in [4.69, 9.17) is 0 Å². The molecule has 0 radical (unpaired) electrons. The van der Waals surface area contributed by atoms with E-state index in [0.29, 0.717) is 0 Å². The summed E-state index contributed by atoms with van der Waals surface area (Å²) in [5, 5.41) is 0. The summed E-state index contributed by atoms with van der Waals surface area (Å²) in [6.45, 7) is 18.5. The number of hydrogen-bond donors (Lipinski definition) is 1. The molecule has 0 bridgehead atoms. The summed E-state index contributed by atoms with van der Waals surface area (Å²) in [7, 11) is -1.13. The second kappa shape index (κ2) is 8.83. The first-order chi connectivity index (χ1) is 10.2. The molecule has 0 aromatic heterocycles. The number of rotatable bonds is 3. The van der Waals surface area contributed by atoms with Gasteiger partial charge in [-0.1, -0.05) is 52.3 Å². The van der Waals surface area contributed by atoms with Crippen molar-refractivity contribution in [3.8, 4) is 0 Å². The average molecular weight is 326 g/mol. The topological polar surface area (TPSA) is 29.1 Å². The maximum Gasteiger partial charge on any atom is 0.125 e. The molecule has 0 aliphatic heterocycles. The monoisotopic (exact) mass is 325 g/mol. The molecular formula is C19H35NOS. The van der Waals surface area contributed by atoms with Gasteiger partial charge < -0.3 is 0 Å². The normalized spacial score (nSPS) is 16.6. The van der Waals surface area contributed by atoms with Crippen LogP contribution in [0.25, 0.3) is 0 Å². The van der Waals surface area contributed by atoms with Gasteiger partial charge in [0.2, 0.25) is 0 Å². The molecule has 1 atom stereocenters. The van der Waals surface area contributed by atoms with Gasteiger partial charge in [-0.3, -0.25) is 0 Å². The first kappa shape index (κ1) is 21.3. The van der Waals surface area contributed by atoms with Gasteiger partial charge in [0, 0.05) is 5.54 Å². The minimum Gasteiger partial charge on any atom is -0.237 e. The number of hydrogen-bond acceptors (Lipinski definition) is 1. The van der Waals surface area contributed by atoms with Crippen molar-refractivity contribution in [2.75, 3.05) is 0 Å². The Morgan fingerprint density at radius 1 is 1.09 bits per heavy atom. The van der Waals surface area contributed by atoms with Gasteiger partial charge in [-0.15, -0.1) is 0 Å². The smallest absolute Gasteiger partial charge is 0.125 e. The molecule has 0 amide bonds. The molecule has 0 saturated heterocycles. The predicted octanol–water partition coefficient (Wildman–Crippen LogP) is 5.51. The van der Waals surface area contributed by atoms with Crippen LogP contribution in [0.3, 0.4) is 0 Å². The minimum absolute atomic E-state index is 0.141. The maximum atomic E-state index is 12.5. The van der Waals surface area contributed by atoms with Gasteiger partial charge in [0.1, 0.15) is 11.0 Å². The van der Waals surface area contributed by atoms with Crippen molar-refractivity contribution in [1.29, 1.82) is 0 Å². The van der Waals surface area contributed by atoms with Crippen LogP contribution in [0.15, 0.2) is 23.1 Å². The van der Waals surface area contributed by atoms with E-state index < -0.39 is 11.0 Å². The Balaban J connectivity index is 0.00000102. The summed E-state index contributed by atoms with van der Waals surface area (Å²) in [6, 6.07) is 6.26. The van der Waals surface area contributed by atoms with Crippen LogP contribution >= 0.6 is 0 Å². The van der Waals surface area contributed by atoms with Crippen molar-refractivity contribution >= 4 is 11.0 Å². The van der Waals surface area contributed by atoms with Crippen LogP contribution in [0.5, 0.6) is 0 Å². The van der Waals surface area contributed by atoms with E-state index in [1.54, 1.807) is 0 Å². The largest absolute Gasteiger partial charge is 0.237 e. The SMILES string of the molecule is CC.CC.Cc1ccc(S(=O)NC(C)(C)C)c(C2(C)CC2)c1. The Morgan fingerprint density at radius 2 is 1.59 bits per heavy atom. The van der Waals surface area contributed by atoms with Crippen molar-refractivity contribution in [3.05, 3.63) is 29.3 Å². The summed E-state index contributed by atoms with van der Waals surface area (Å²) in [5.74, 6) is 0. The van der Waals surface area contributed by atoms with E-state index in [1.807, 2.05) is 60.6 Å². The van der Waals surface area contributed by atoms with E-state index in [9.17, 15) is 4.21 Å². The average Bonchev–Trinajstić information content (AvgIpc) is 3.20. The molecule has 0 heterocycles. The van der Waals surface area contributed by atoms with Gasteiger partial charge in [-0.25, -0.2) is 8.93 Å². The highest BCUT2D eigenvalue weighted by Gasteiger charge is 2.41. The van der Waals surface area contributed by atoms with Gasteiger partial charge in [-0.05, 0) is 57.6 Å². The molecule has 1 saturated carbocycles. The van der Waals surface area contributed by atoms with Crippen molar-refractivity contribution in [1.82, 2.24) is 4.72 Å². The lowest BCUT2D eigenvalue weighted by Gasteiger charge is -2.22. The fourth-order valence-corrected chi connectivity index (χ4v) is 3.43. The Morgan fingerprint density at radius 3 is 2.00 bits per heavy atom. The summed E-state index contributed by atoms with van der Waals surface area (Å²) in [6.07, 6.45) is 2.41. The van der Waals surface area contributed by atoms with Crippen LogP contribution in [0, 0.1) is 6.92 Å². The van der Waals surface area contributed by atoms with Crippen molar-refractivity contribution in [2.45, 2.75) is 91.0 Å². The number of benzene rings is 1. The van der Waals surface area contributed by atoms with Gasteiger partial charge >= 0.3 is 0 Å². The van der Waals surface area contributed by atoms with E-state index in [1.165, 1.54) is 24.0 Å². The molecule has 1 fully saturated rings. The predicted molar refractivity (Wildman–Crippen MR) is 99.8 cm³/mol. The molecule has 0 spiro atoms. The summed E-state index contributed by atoms with van der Waals surface area (Å²) < 4.78 is 15.6. The van der Waals surface area contributed by atoms with Crippen LogP contribution in [0.2, 0.25) is 0 Å². The quantitative estimate of drug-likeness (QED) is 0.780. The van der Waals surface area contributed by atoms with Crippen molar-refractivity contribution < 1.29 is 4.21 Å². The van der Waals surface area contributed by atoms with Crippen molar-refractivity contribution in [3.63, 3.8) is 0 Å². The second-order valence-electron chi connectivity index (χ2n) is 6.68. The summed E-state index contributed by atoms with van der Waals surface area (Å²) >= 11 is 0. The van der Waals surface area contributed by atoms with Gasteiger partial charge in [0.25, 0.3) is 0 Å².